The van der Waals surface area contributed by atoms with E-state index in [4.69, 9.17) is 14.2 Å². The number of aliphatic carboxylic acids is 1. The van der Waals surface area contributed by atoms with Crippen LogP contribution in [-0.4, -0.2) is 42.0 Å². The Bertz CT molecular complexity index is 498. The highest BCUT2D eigenvalue weighted by Crippen LogP contribution is 2.34. The van der Waals surface area contributed by atoms with Crippen LogP contribution in [-0.2, 0) is 23.8 Å². The summed E-state index contributed by atoms with van der Waals surface area (Å²) < 4.78 is 15.5. The Balaban J connectivity index is 4.82. The third-order valence-corrected chi connectivity index (χ3v) is 4.97. The summed E-state index contributed by atoms with van der Waals surface area (Å²) in [4.78, 5) is 35.5. The standard InChI is InChI=1S/C19H34O7/c1-9-10-19(8,16(21)22)11-24-17(23)26-14(5)18(6,7)13(4)15(20)25-12(2)3/h12-14H,9-11H2,1-8H3,(H,21,22). The molecule has 0 radical (unpaired) electrons. The molecular formula is C19H34O7. The largest absolute Gasteiger partial charge is 0.508 e. The van der Waals surface area contributed by atoms with Crippen molar-refractivity contribution < 1.29 is 33.7 Å². The second kappa shape index (κ2) is 9.78. The van der Waals surface area contributed by atoms with Crippen molar-refractivity contribution in [3.8, 4) is 0 Å². The van der Waals surface area contributed by atoms with E-state index in [1.54, 1.807) is 41.5 Å². The third-order valence-electron chi connectivity index (χ3n) is 4.97. The Morgan fingerprint density at radius 1 is 1.00 bits per heavy atom. The SMILES string of the molecule is CCCC(C)(COC(=O)OC(C)C(C)(C)C(C)C(=O)OC(C)C)C(=O)O. The van der Waals surface area contributed by atoms with Crippen molar-refractivity contribution in [2.45, 2.75) is 80.4 Å². The maximum atomic E-state index is 12.1. The Kier molecular flexibility index (Phi) is 9.11. The van der Waals surface area contributed by atoms with Gasteiger partial charge in [-0.15, -0.1) is 0 Å². The summed E-state index contributed by atoms with van der Waals surface area (Å²) in [6.07, 6.45) is -0.769. The molecule has 0 saturated heterocycles. The number of hydrogen-bond donors (Lipinski definition) is 1. The van der Waals surface area contributed by atoms with E-state index in [1.807, 2.05) is 6.92 Å². The van der Waals surface area contributed by atoms with E-state index in [-0.39, 0.29) is 18.7 Å². The van der Waals surface area contributed by atoms with E-state index in [9.17, 15) is 19.5 Å². The summed E-state index contributed by atoms with van der Waals surface area (Å²) in [6, 6.07) is 0. The first-order valence-corrected chi connectivity index (χ1v) is 9.05. The van der Waals surface area contributed by atoms with E-state index < -0.39 is 35.0 Å². The molecule has 0 aromatic carbocycles. The Morgan fingerprint density at radius 2 is 1.54 bits per heavy atom. The average Bonchev–Trinajstić information content (AvgIpc) is 2.51. The van der Waals surface area contributed by atoms with Crippen molar-refractivity contribution in [2.75, 3.05) is 6.61 Å². The van der Waals surface area contributed by atoms with Crippen molar-refractivity contribution in [3.05, 3.63) is 0 Å². The minimum Gasteiger partial charge on any atom is -0.481 e. The van der Waals surface area contributed by atoms with Gasteiger partial charge in [0, 0.05) is 5.41 Å². The topological polar surface area (TPSA) is 99.1 Å². The molecule has 0 aromatic heterocycles. The second-order valence-corrected chi connectivity index (χ2v) is 7.94. The summed E-state index contributed by atoms with van der Waals surface area (Å²) in [5.74, 6) is -1.89. The van der Waals surface area contributed by atoms with Gasteiger partial charge in [0.15, 0.2) is 0 Å². The van der Waals surface area contributed by atoms with E-state index >= 15 is 0 Å². The number of ether oxygens (including phenoxy) is 3. The van der Waals surface area contributed by atoms with Gasteiger partial charge in [0.25, 0.3) is 0 Å². The fourth-order valence-corrected chi connectivity index (χ4v) is 2.33. The first-order chi connectivity index (χ1) is 11.8. The first-order valence-electron chi connectivity index (χ1n) is 9.05. The Morgan fingerprint density at radius 3 is 1.96 bits per heavy atom. The van der Waals surface area contributed by atoms with E-state index in [2.05, 4.69) is 0 Å². The fourth-order valence-electron chi connectivity index (χ4n) is 2.33. The van der Waals surface area contributed by atoms with E-state index in [1.165, 1.54) is 6.92 Å². The summed E-state index contributed by atoms with van der Waals surface area (Å²) in [5, 5.41) is 9.31. The number of carboxylic acids is 1. The smallest absolute Gasteiger partial charge is 0.481 e. The molecule has 0 spiro atoms. The molecule has 3 atom stereocenters. The van der Waals surface area contributed by atoms with Crippen molar-refractivity contribution >= 4 is 18.1 Å². The lowest BCUT2D eigenvalue weighted by atomic mass is 9.76. The molecule has 0 amide bonds. The van der Waals surface area contributed by atoms with Crippen LogP contribution in [0.25, 0.3) is 0 Å². The Labute approximate surface area is 156 Å². The summed E-state index contributed by atoms with van der Waals surface area (Å²) in [7, 11) is 0. The molecular weight excluding hydrogens is 340 g/mol. The maximum absolute atomic E-state index is 12.1. The highest BCUT2D eigenvalue weighted by molar-refractivity contribution is 5.75. The highest BCUT2D eigenvalue weighted by Gasteiger charge is 2.40. The summed E-state index contributed by atoms with van der Waals surface area (Å²) in [6.45, 7) is 13.7. The number of carbonyl (C=O) groups excluding carboxylic acids is 2. The second-order valence-electron chi connectivity index (χ2n) is 7.94. The maximum Gasteiger partial charge on any atom is 0.508 e. The minimum absolute atomic E-state index is 0.228. The summed E-state index contributed by atoms with van der Waals surface area (Å²) in [5.41, 5.74) is -1.84. The molecule has 1 N–H and O–H groups in total. The normalized spacial score (nSPS) is 16.3. The minimum atomic E-state index is -1.15. The van der Waals surface area contributed by atoms with Crippen LogP contribution in [0, 0.1) is 16.7 Å². The van der Waals surface area contributed by atoms with Gasteiger partial charge in [-0.1, -0.05) is 34.1 Å². The van der Waals surface area contributed by atoms with Gasteiger partial charge < -0.3 is 19.3 Å². The molecule has 0 bridgehead atoms. The van der Waals surface area contributed by atoms with Crippen LogP contribution < -0.4 is 0 Å². The van der Waals surface area contributed by atoms with Crippen LogP contribution in [0.1, 0.15) is 68.2 Å². The molecule has 26 heavy (non-hydrogen) atoms. The molecule has 0 aliphatic rings. The van der Waals surface area contributed by atoms with Crippen LogP contribution in [0.4, 0.5) is 4.79 Å². The highest BCUT2D eigenvalue weighted by atomic mass is 16.7. The molecule has 7 nitrogen and oxygen atoms in total. The van der Waals surface area contributed by atoms with Gasteiger partial charge in [0.05, 0.1) is 17.4 Å². The Hall–Kier alpha value is -1.79. The van der Waals surface area contributed by atoms with Crippen molar-refractivity contribution in [1.82, 2.24) is 0 Å². The lowest BCUT2D eigenvalue weighted by Crippen LogP contribution is -2.42. The summed E-state index contributed by atoms with van der Waals surface area (Å²) >= 11 is 0. The van der Waals surface area contributed by atoms with Crippen LogP contribution in [0.15, 0.2) is 0 Å². The number of hydrogen-bond acceptors (Lipinski definition) is 6. The van der Waals surface area contributed by atoms with Gasteiger partial charge >= 0.3 is 18.1 Å². The molecule has 0 heterocycles. The van der Waals surface area contributed by atoms with Gasteiger partial charge in [0.2, 0.25) is 0 Å². The van der Waals surface area contributed by atoms with Crippen LogP contribution >= 0.6 is 0 Å². The number of rotatable bonds is 10. The molecule has 0 saturated carbocycles. The first kappa shape index (κ1) is 24.2. The van der Waals surface area contributed by atoms with Gasteiger partial charge in [-0.3, -0.25) is 9.59 Å². The molecule has 7 heteroatoms. The predicted octanol–water partition coefficient (Wildman–Crippen LogP) is 4.03. The van der Waals surface area contributed by atoms with Crippen molar-refractivity contribution in [2.24, 2.45) is 16.7 Å². The van der Waals surface area contributed by atoms with Crippen molar-refractivity contribution in [1.29, 1.82) is 0 Å². The van der Waals surface area contributed by atoms with Gasteiger partial charge in [0.1, 0.15) is 12.7 Å². The molecule has 0 aromatic rings. The number of esters is 1. The predicted molar refractivity (Wildman–Crippen MR) is 96.7 cm³/mol. The van der Waals surface area contributed by atoms with Gasteiger partial charge in [-0.05, 0) is 34.1 Å². The monoisotopic (exact) mass is 374 g/mol. The van der Waals surface area contributed by atoms with Crippen LogP contribution in [0.2, 0.25) is 0 Å². The van der Waals surface area contributed by atoms with E-state index in [0.29, 0.717) is 12.8 Å². The van der Waals surface area contributed by atoms with Gasteiger partial charge in [-0.2, -0.15) is 0 Å². The van der Waals surface area contributed by atoms with Crippen molar-refractivity contribution in [3.63, 3.8) is 0 Å². The molecule has 0 aliphatic carbocycles. The zero-order valence-electron chi connectivity index (χ0n) is 17.3. The van der Waals surface area contributed by atoms with Crippen LogP contribution in [0.3, 0.4) is 0 Å². The number of carboxylic acid groups (broad SMARTS) is 1. The molecule has 0 aliphatic heterocycles. The quantitative estimate of drug-likeness (QED) is 0.576. The van der Waals surface area contributed by atoms with E-state index in [0.717, 1.165) is 0 Å². The van der Waals surface area contributed by atoms with Gasteiger partial charge in [-0.25, -0.2) is 4.79 Å². The van der Waals surface area contributed by atoms with Crippen LogP contribution in [0.5, 0.6) is 0 Å². The fraction of sp³-hybridized carbons (Fsp3) is 0.842. The zero-order valence-corrected chi connectivity index (χ0v) is 17.3. The molecule has 152 valence electrons. The molecule has 0 rings (SSSR count). The zero-order chi connectivity index (χ0) is 20.7. The third kappa shape index (κ3) is 6.84. The molecule has 0 fully saturated rings. The number of carbonyl (C=O) groups is 3. The average molecular weight is 374 g/mol. The molecule has 3 unspecified atom stereocenters. The lowest BCUT2D eigenvalue weighted by molar-refractivity contribution is -0.160. The lowest BCUT2D eigenvalue weighted by Gasteiger charge is -2.35.